The molecule has 1 unspecified atom stereocenters. The molecular weight excluding hydrogens is 537 g/mol. The molecule has 0 aliphatic carbocycles. The van der Waals surface area contributed by atoms with Gasteiger partial charge in [-0.15, -0.1) is 0 Å². The molecular formula is C29H40FN3O6S. The molecule has 1 fully saturated rings. The van der Waals surface area contributed by atoms with Gasteiger partial charge in [-0.25, -0.2) is 12.8 Å². The molecule has 2 aromatic rings. The Kier molecular flexibility index (Phi) is 12.1. The number of benzene rings is 2. The van der Waals surface area contributed by atoms with Gasteiger partial charge in [0, 0.05) is 39.8 Å². The molecule has 0 spiro atoms. The lowest BCUT2D eigenvalue weighted by atomic mass is 10.00. The minimum atomic E-state index is -4.13. The van der Waals surface area contributed by atoms with Crippen LogP contribution in [-0.4, -0.2) is 76.6 Å². The van der Waals surface area contributed by atoms with Crippen molar-refractivity contribution in [2.75, 3.05) is 34.0 Å². The van der Waals surface area contributed by atoms with Crippen molar-refractivity contribution in [2.45, 2.75) is 68.5 Å². The number of hydrogen-bond acceptors (Lipinski definition) is 6. The van der Waals surface area contributed by atoms with E-state index in [0.717, 1.165) is 34.3 Å². The van der Waals surface area contributed by atoms with E-state index in [4.69, 9.17) is 9.47 Å². The quantitative estimate of drug-likeness (QED) is 0.334. The molecule has 2 N–H and O–H groups in total. The van der Waals surface area contributed by atoms with Gasteiger partial charge in [-0.1, -0.05) is 36.8 Å². The topological polar surface area (TPSA) is 114 Å². The molecule has 2 amide bonds. The molecule has 0 saturated carbocycles. The van der Waals surface area contributed by atoms with Gasteiger partial charge < -0.3 is 20.1 Å². The summed E-state index contributed by atoms with van der Waals surface area (Å²) in [4.78, 5) is 26.6. The van der Waals surface area contributed by atoms with Crippen molar-refractivity contribution >= 4 is 21.8 Å². The molecule has 220 valence electrons. The fourth-order valence-corrected chi connectivity index (χ4v) is 6.52. The fraction of sp³-hybridized carbons (Fsp3) is 0.517. The van der Waals surface area contributed by atoms with Crippen LogP contribution in [0.1, 0.15) is 43.7 Å². The van der Waals surface area contributed by atoms with E-state index in [-0.39, 0.29) is 23.9 Å². The Morgan fingerprint density at radius 1 is 1.05 bits per heavy atom. The first kappa shape index (κ1) is 31.7. The maximum Gasteiger partial charge on any atom is 0.243 e. The van der Waals surface area contributed by atoms with Gasteiger partial charge in [0.1, 0.15) is 17.9 Å². The summed E-state index contributed by atoms with van der Waals surface area (Å²) in [5.74, 6) is -1.63. The van der Waals surface area contributed by atoms with Crippen molar-refractivity contribution in [1.82, 2.24) is 14.9 Å². The van der Waals surface area contributed by atoms with E-state index in [1.807, 2.05) is 24.3 Å². The first-order valence-corrected chi connectivity index (χ1v) is 15.0. The molecule has 1 aliphatic rings. The predicted molar refractivity (Wildman–Crippen MR) is 150 cm³/mol. The second-order valence-corrected chi connectivity index (χ2v) is 12.0. The number of aryl methyl sites for hydroxylation is 1. The number of hydrogen-bond donors (Lipinski definition) is 2. The van der Waals surface area contributed by atoms with Crippen LogP contribution in [0.15, 0.2) is 53.4 Å². The van der Waals surface area contributed by atoms with Gasteiger partial charge in [0.25, 0.3) is 0 Å². The number of nitrogens with zero attached hydrogens (tertiary/aromatic N) is 1. The van der Waals surface area contributed by atoms with Crippen LogP contribution in [0.25, 0.3) is 0 Å². The third-order valence-corrected chi connectivity index (χ3v) is 8.78. The molecule has 40 heavy (non-hydrogen) atoms. The molecule has 0 radical (unpaired) electrons. The SMILES string of the molecule is COCCCc1ccc(C[C@H](NC(=O)[C@@H]2CCCCN2S(=O)(=O)c2cccc(F)c2)C(=O)NC(C)COC)cc1. The number of nitrogens with one attached hydrogen (secondary N) is 2. The number of piperidine rings is 1. The molecule has 3 rings (SSSR count). The smallest absolute Gasteiger partial charge is 0.243 e. The van der Waals surface area contributed by atoms with Gasteiger partial charge in [0.05, 0.1) is 11.5 Å². The van der Waals surface area contributed by atoms with Crippen molar-refractivity contribution in [3.05, 3.63) is 65.5 Å². The van der Waals surface area contributed by atoms with E-state index in [9.17, 15) is 22.4 Å². The van der Waals surface area contributed by atoms with Crippen LogP contribution in [0.3, 0.4) is 0 Å². The highest BCUT2D eigenvalue weighted by molar-refractivity contribution is 7.89. The zero-order chi connectivity index (χ0) is 29.1. The van der Waals surface area contributed by atoms with E-state index < -0.39 is 39.7 Å². The zero-order valence-electron chi connectivity index (χ0n) is 23.4. The van der Waals surface area contributed by atoms with Gasteiger partial charge in [-0.3, -0.25) is 9.59 Å². The maximum absolute atomic E-state index is 13.8. The molecule has 3 atom stereocenters. The van der Waals surface area contributed by atoms with Gasteiger partial charge in [-0.2, -0.15) is 4.31 Å². The Hall–Kier alpha value is -2.86. The number of ether oxygens (including phenoxy) is 2. The number of carbonyl (C=O) groups is 2. The summed E-state index contributed by atoms with van der Waals surface area (Å²) >= 11 is 0. The fourth-order valence-electron chi connectivity index (χ4n) is 4.83. The lowest BCUT2D eigenvalue weighted by Crippen LogP contribution is -2.57. The van der Waals surface area contributed by atoms with Crippen LogP contribution >= 0.6 is 0 Å². The van der Waals surface area contributed by atoms with E-state index in [1.165, 1.54) is 25.3 Å². The summed E-state index contributed by atoms with van der Waals surface area (Å²) in [6.07, 6.45) is 3.50. The molecule has 0 aromatic heterocycles. The van der Waals surface area contributed by atoms with Gasteiger partial charge in [0.2, 0.25) is 21.8 Å². The van der Waals surface area contributed by atoms with Gasteiger partial charge in [0.15, 0.2) is 0 Å². The second-order valence-electron chi connectivity index (χ2n) is 10.1. The lowest BCUT2D eigenvalue weighted by molar-refractivity contribution is -0.132. The highest BCUT2D eigenvalue weighted by Gasteiger charge is 2.39. The normalized spacial score (nSPS) is 17.6. The third-order valence-electron chi connectivity index (χ3n) is 6.87. The predicted octanol–water partition coefficient (Wildman–Crippen LogP) is 2.83. The van der Waals surface area contributed by atoms with Crippen molar-refractivity contribution in [1.29, 1.82) is 0 Å². The number of methoxy groups -OCH3 is 2. The molecule has 1 heterocycles. The van der Waals surface area contributed by atoms with Crippen LogP contribution in [0.4, 0.5) is 4.39 Å². The van der Waals surface area contributed by atoms with Crippen molar-refractivity contribution in [3.8, 4) is 0 Å². The molecule has 1 saturated heterocycles. The first-order valence-electron chi connectivity index (χ1n) is 13.6. The van der Waals surface area contributed by atoms with E-state index >= 15 is 0 Å². The largest absolute Gasteiger partial charge is 0.385 e. The van der Waals surface area contributed by atoms with Crippen molar-refractivity contribution < 1.29 is 31.9 Å². The number of carbonyl (C=O) groups excluding carboxylic acids is 2. The zero-order valence-corrected chi connectivity index (χ0v) is 24.2. The average molecular weight is 578 g/mol. The van der Waals surface area contributed by atoms with Crippen LogP contribution in [0.5, 0.6) is 0 Å². The van der Waals surface area contributed by atoms with E-state index in [0.29, 0.717) is 32.5 Å². The first-order chi connectivity index (χ1) is 19.1. The summed E-state index contributed by atoms with van der Waals surface area (Å²) in [5.41, 5.74) is 1.99. The highest BCUT2D eigenvalue weighted by atomic mass is 32.2. The Morgan fingerprint density at radius 2 is 1.77 bits per heavy atom. The highest BCUT2D eigenvalue weighted by Crippen LogP contribution is 2.26. The maximum atomic E-state index is 13.8. The van der Waals surface area contributed by atoms with Gasteiger partial charge >= 0.3 is 0 Å². The Bertz CT molecular complexity index is 1220. The average Bonchev–Trinajstić information content (AvgIpc) is 2.93. The monoisotopic (exact) mass is 577 g/mol. The minimum Gasteiger partial charge on any atom is -0.385 e. The van der Waals surface area contributed by atoms with Crippen molar-refractivity contribution in [2.24, 2.45) is 0 Å². The Balaban J connectivity index is 1.80. The molecule has 0 bridgehead atoms. The van der Waals surface area contributed by atoms with Crippen LogP contribution in [0, 0.1) is 5.82 Å². The van der Waals surface area contributed by atoms with E-state index in [1.54, 1.807) is 14.0 Å². The molecule has 9 nitrogen and oxygen atoms in total. The standard InChI is InChI=1S/C29H40FN3O6S/c1-21(20-39-3)31-28(34)26(18-23-14-12-22(13-15-23)8-7-17-38-2)32-29(35)27-11-4-5-16-33(27)40(36,37)25-10-6-9-24(30)19-25/h6,9-10,12-15,19,21,26-27H,4-5,7-8,11,16-18,20H2,1-3H3,(H,31,34)(H,32,35)/t21?,26-,27-/m0/s1. The number of amides is 2. The summed E-state index contributed by atoms with van der Waals surface area (Å²) in [6, 6.07) is 10.3. The number of rotatable bonds is 14. The van der Waals surface area contributed by atoms with Gasteiger partial charge in [-0.05, 0) is 61.9 Å². The molecule has 2 aromatic carbocycles. The summed E-state index contributed by atoms with van der Waals surface area (Å²) in [7, 11) is -0.927. The number of halogens is 1. The summed E-state index contributed by atoms with van der Waals surface area (Å²) in [5, 5.41) is 5.68. The minimum absolute atomic E-state index is 0.128. The summed E-state index contributed by atoms with van der Waals surface area (Å²) < 4.78 is 52.0. The lowest BCUT2D eigenvalue weighted by Gasteiger charge is -2.34. The van der Waals surface area contributed by atoms with E-state index in [2.05, 4.69) is 10.6 Å². The summed E-state index contributed by atoms with van der Waals surface area (Å²) in [6.45, 7) is 2.89. The Labute approximate surface area is 236 Å². The molecule has 1 aliphatic heterocycles. The van der Waals surface area contributed by atoms with Crippen molar-refractivity contribution in [3.63, 3.8) is 0 Å². The number of sulfonamides is 1. The third kappa shape index (κ3) is 8.82. The molecule has 11 heteroatoms. The van der Waals surface area contributed by atoms with Crippen LogP contribution in [0.2, 0.25) is 0 Å². The second kappa shape index (κ2) is 15.2. The van der Waals surface area contributed by atoms with Crippen LogP contribution in [-0.2, 0) is 41.9 Å². The van der Waals surface area contributed by atoms with Crippen LogP contribution < -0.4 is 10.6 Å². The Morgan fingerprint density at radius 3 is 2.45 bits per heavy atom.